The van der Waals surface area contributed by atoms with Gasteiger partial charge in [0.25, 0.3) is 0 Å². The summed E-state index contributed by atoms with van der Waals surface area (Å²) < 4.78 is 7.51. The topological polar surface area (TPSA) is 26.3 Å². The summed E-state index contributed by atoms with van der Waals surface area (Å²) in [6, 6.07) is 22.0. The van der Waals surface area contributed by atoms with Crippen molar-refractivity contribution in [3.05, 3.63) is 83.4 Å². The number of ether oxygens (including phenoxy) is 1. The molecule has 0 bridgehead atoms. The number of ketones is 1. The van der Waals surface area contributed by atoms with Crippen molar-refractivity contribution in [1.29, 1.82) is 0 Å². The summed E-state index contributed by atoms with van der Waals surface area (Å²) in [5.41, 5.74) is 4.17. The van der Waals surface area contributed by atoms with Crippen LogP contribution < -0.4 is 0 Å². The largest absolute Gasteiger partial charge is 0.359 e. The average Bonchev–Trinajstić information content (AvgIpc) is 3.49. The quantitative estimate of drug-likeness (QED) is 0.415. The molecule has 4 fully saturated rings. The number of hydrogen-bond acceptors (Lipinski definition) is 2. The van der Waals surface area contributed by atoms with E-state index >= 15 is 0 Å². The zero-order valence-corrected chi connectivity index (χ0v) is 23.5. The van der Waals surface area contributed by atoms with Crippen molar-refractivity contribution >= 4 is 5.78 Å². The van der Waals surface area contributed by atoms with Gasteiger partial charge in [0.2, 0.25) is 0 Å². The Morgan fingerprint density at radius 1 is 0.711 bits per heavy atom. The monoisotopic (exact) mass is 508 g/mol. The van der Waals surface area contributed by atoms with Crippen LogP contribution in [-0.4, -0.2) is 11.4 Å². The molecule has 2 heteroatoms. The molecule has 1 aliphatic heterocycles. The Balaban J connectivity index is 1.21. The van der Waals surface area contributed by atoms with E-state index in [9.17, 15) is 4.79 Å². The fourth-order valence-electron chi connectivity index (χ4n) is 10.7. The van der Waals surface area contributed by atoms with Crippen LogP contribution in [0.1, 0.15) is 96.1 Å². The molecule has 38 heavy (non-hydrogen) atoms. The van der Waals surface area contributed by atoms with E-state index < -0.39 is 0 Å². The number of carbonyl (C=O) groups is 1. The van der Waals surface area contributed by atoms with Crippen molar-refractivity contribution < 1.29 is 9.53 Å². The van der Waals surface area contributed by atoms with Gasteiger partial charge in [0, 0.05) is 6.42 Å². The fraction of sp³-hybridized carbons (Fsp3) is 0.583. The molecule has 1 heterocycles. The molecule has 2 aromatic carbocycles. The lowest BCUT2D eigenvalue weighted by atomic mass is 9.46. The Kier molecular flexibility index (Phi) is 5.65. The smallest absolute Gasteiger partial charge is 0.155 e. The van der Waals surface area contributed by atoms with E-state index in [-0.39, 0.29) is 16.6 Å². The van der Waals surface area contributed by atoms with E-state index in [1.165, 1.54) is 48.8 Å². The summed E-state index contributed by atoms with van der Waals surface area (Å²) in [5, 5.41) is 0. The number of benzene rings is 2. The highest BCUT2D eigenvalue weighted by molar-refractivity contribution is 5.91. The average molecular weight is 509 g/mol. The summed E-state index contributed by atoms with van der Waals surface area (Å²) in [5.74, 6) is 3.28. The Morgan fingerprint density at radius 3 is 2.08 bits per heavy atom. The molecule has 0 radical (unpaired) electrons. The first-order valence-electron chi connectivity index (χ1n) is 15.3. The maximum Gasteiger partial charge on any atom is 0.155 e. The molecule has 4 aliphatic carbocycles. The van der Waals surface area contributed by atoms with Gasteiger partial charge in [-0.25, -0.2) is 0 Å². The van der Waals surface area contributed by atoms with Crippen molar-refractivity contribution in [1.82, 2.24) is 0 Å². The van der Waals surface area contributed by atoms with Gasteiger partial charge in [0.15, 0.2) is 5.78 Å². The van der Waals surface area contributed by atoms with Gasteiger partial charge < -0.3 is 4.74 Å². The van der Waals surface area contributed by atoms with Crippen LogP contribution in [0, 0.1) is 34.5 Å². The number of rotatable bonds is 3. The van der Waals surface area contributed by atoms with Gasteiger partial charge in [0.05, 0.1) is 5.60 Å². The van der Waals surface area contributed by atoms with Crippen LogP contribution in [0.5, 0.6) is 0 Å². The predicted octanol–water partition coefficient (Wildman–Crippen LogP) is 8.65. The molecule has 5 aliphatic rings. The van der Waals surface area contributed by atoms with Crippen molar-refractivity contribution in [2.75, 3.05) is 0 Å². The van der Waals surface area contributed by atoms with Crippen molar-refractivity contribution in [3.8, 4) is 0 Å². The van der Waals surface area contributed by atoms with E-state index in [1.807, 2.05) is 6.08 Å². The van der Waals surface area contributed by atoms with Crippen LogP contribution in [-0.2, 0) is 15.1 Å². The molecule has 0 unspecified atom stereocenters. The van der Waals surface area contributed by atoms with Crippen LogP contribution in [0.2, 0.25) is 0 Å². The molecular weight excluding hydrogens is 464 g/mol. The minimum atomic E-state index is -0.366. The Labute approximate surface area is 229 Å². The second-order valence-corrected chi connectivity index (χ2v) is 14.1. The van der Waals surface area contributed by atoms with E-state index in [2.05, 4.69) is 81.4 Å². The molecular formula is C36H44O2. The third-order valence-corrected chi connectivity index (χ3v) is 12.6. The normalized spacial score (nSPS) is 41.7. The fourth-order valence-corrected chi connectivity index (χ4v) is 10.7. The number of fused-ring (bicyclic) bond motifs is 5. The van der Waals surface area contributed by atoms with E-state index in [0.717, 1.165) is 49.9 Å². The molecule has 0 amide bonds. The lowest BCUT2D eigenvalue weighted by Gasteiger charge is -2.59. The van der Waals surface area contributed by atoms with Crippen LogP contribution in [0.4, 0.5) is 0 Å². The molecule has 200 valence electrons. The summed E-state index contributed by atoms with van der Waals surface area (Å²) in [6.07, 6.45) is 13.7. The highest BCUT2D eigenvalue weighted by Gasteiger charge is 2.64. The standard InChI is InChI=1S/C36H44O2/c1-33-20-18-28(37)24-27(33)14-15-29-30-16-17-32(34(30,2)21-19-31(29)33)35(3)22-23-36(38-35,25-10-6-4-7-11-25)26-12-8-5-9-13-26/h4-13,24,29-32H,14-23H2,1-3H3/t29-,30-,31-,32-,33-,34-,35-/m0/s1. The maximum atomic E-state index is 12.2. The summed E-state index contributed by atoms with van der Waals surface area (Å²) in [6.45, 7) is 7.61. The van der Waals surface area contributed by atoms with Crippen LogP contribution in [0.3, 0.4) is 0 Å². The zero-order valence-electron chi connectivity index (χ0n) is 23.5. The highest BCUT2D eigenvalue weighted by atomic mass is 16.5. The molecule has 0 N–H and O–H groups in total. The van der Waals surface area contributed by atoms with Gasteiger partial charge >= 0.3 is 0 Å². The number of hydrogen-bond donors (Lipinski definition) is 0. The molecule has 2 aromatic rings. The maximum absolute atomic E-state index is 12.2. The summed E-state index contributed by atoms with van der Waals surface area (Å²) in [7, 11) is 0. The van der Waals surface area contributed by atoms with E-state index in [4.69, 9.17) is 4.74 Å². The van der Waals surface area contributed by atoms with Crippen molar-refractivity contribution in [2.24, 2.45) is 34.5 Å². The lowest BCUT2D eigenvalue weighted by molar-refractivity contribution is -0.150. The first kappa shape index (κ1) is 24.8. The Bertz CT molecular complexity index is 1210. The first-order chi connectivity index (χ1) is 18.3. The van der Waals surface area contributed by atoms with Gasteiger partial charge in [-0.15, -0.1) is 0 Å². The SMILES string of the molecule is C[C@]12CC[C@H]3[C@@H](CCC4=CC(=O)CC[C@@]43C)[C@@H]1CC[C@@H]2[C@]1(C)CCC(c2ccccc2)(c2ccccc2)O1. The van der Waals surface area contributed by atoms with Crippen LogP contribution >= 0.6 is 0 Å². The number of allylic oxidation sites excluding steroid dienone is 1. The molecule has 3 saturated carbocycles. The second-order valence-electron chi connectivity index (χ2n) is 14.1. The second kappa shape index (κ2) is 8.65. The third-order valence-electron chi connectivity index (χ3n) is 12.6. The van der Waals surface area contributed by atoms with Gasteiger partial charge in [-0.3, -0.25) is 4.79 Å². The first-order valence-corrected chi connectivity index (χ1v) is 15.3. The van der Waals surface area contributed by atoms with Gasteiger partial charge in [-0.1, -0.05) is 80.1 Å². The minimum absolute atomic E-state index is 0.122. The summed E-state index contributed by atoms with van der Waals surface area (Å²) >= 11 is 0. The molecule has 1 saturated heterocycles. The van der Waals surface area contributed by atoms with Gasteiger partial charge in [0.1, 0.15) is 5.60 Å². The lowest BCUT2D eigenvalue weighted by Crippen LogP contribution is -2.53. The Morgan fingerprint density at radius 2 is 1.39 bits per heavy atom. The van der Waals surface area contributed by atoms with E-state index in [1.54, 1.807) is 0 Å². The zero-order chi connectivity index (χ0) is 26.2. The molecule has 7 atom stereocenters. The van der Waals surface area contributed by atoms with Crippen molar-refractivity contribution in [2.45, 2.75) is 96.2 Å². The van der Waals surface area contributed by atoms with Crippen LogP contribution in [0.25, 0.3) is 0 Å². The predicted molar refractivity (Wildman–Crippen MR) is 153 cm³/mol. The molecule has 0 spiro atoms. The number of carbonyl (C=O) groups excluding carboxylic acids is 1. The van der Waals surface area contributed by atoms with Crippen LogP contribution in [0.15, 0.2) is 72.3 Å². The van der Waals surface area contributed by atoms with Gasteiger partial charge in [-0.05, 0) is 116 Å². The van der Waals surface area contributed by atoms with E-state index in [0.29, 0.717) is 17.1 Å². The minimum Gasteiger partial charge on any atom is -0.359 e. The molecule has 2 nitrogen and oxygen atoms in total. The van der Waals surface area contributed by atoms with Crippen molar-refractivity contribution in [3.63, 3.8) is 0 Å². The third kappa shape index (κ3) is 3.44. The molecule has 7 rings (SSSR count). The summed E-state index contributed by atoms with van der Waals surface area (Å²) in [4.78, 5) is 12.2. The van der Waals surface area contributed by atoms with Gasteiger partial charge in [-0.2, -0.15) is 0 Å². The highest BCUT2D eigenvalue weighted by Crippen LogP contribution is 2.69. The Hall–Kier alpha value is -2.19. The molecule has 0 aromatic heterocycles.